The number of benzene rings is 2. The summed E-state index contributed by atoms with van der Waals surface area (Å²) in [5.41, 5.74) is -2.15. The summed E-state index contributed by atoms with van der Waals surface area (Å²) < 4.78 is 79.1. The molecule has 2 aromatic carbocycles. The smallest absolute Gasteiger partial charge is 0.416 e. The number of fused-ring (bicyclic) bond motifs is 1. The van der Waals surface area contributed by atoms with Crippen LogP contribution in [0.2, 0.25) is 5.02 Å². The Balaban J connectivity index is 1.15. The number of rotatable bonds is 14. The fourth-order valence-corrected chi connectivity index (χ4v) is 9.76. The van der Waals surface area contributed by atoms with Gasteiger partial charge in [-0.1, -0.05) is 50.6 Å². The number of hydrogen-bond acceptors (Lipinski definition) is 11. The number of nitrogens with zero attached hydrogens (tertiary/aromatic N) is 3. The van der Waals surface area contributed by atoms with Crippen molar-refractivity contribution in [2.45, 2.75) is 88.0 Å². The Bertz CT molecular complexity index is 2440. The number of sulfonamides is 1. The fourth-order valence-electron chi connectivity index (χ4n) is 7.47. The highest BCUT2D eigenvalue weighted by Crippen LogP contribution is 2.46. The average molecular weight is 889 g/mol. The van der Waals surface area contributed by atoms with Gasteiger partial charge in [0.1, 0.15) is 23.4 Å². The molecular formula is C41H44ClF3N6O7S2. The molecule has 0 spiro atoms. The third-order valence-electron chi connectivity index (χ3n) is 11.0. The van der Waals surface area contributed by atoms with Gasteiger partial charge in [-0.15, -0.1) is 17.9 Å². The predicted molar refractivity (Wildman–Crippen MR) is 221 cm³/mol. The molecule has 2 saturated carbocycles. The zero-order valence-corrected chi connectivity index (χ0v) is 35.5. The molecule has 3 aliphatic rings. The number of alkyl halides is 3. The van der Waals surface area contributed by atoms with Gasteiger partial charge in [0.05, 0.1) is 36.4 Å². The summed E-state index contributed by atoms with van der Waals surface area (Å²) in [6.07, 6.45) is -1.16. The number of carbonyl (C=O) groups excluding carboxylic acids is 3. The molecule has 2 aliphatic carbocycles. The molecule has 5 atom stereocenters. The number of aromatic nitrogens is 2. The van der Waals surface area contributed by atoms with E-state index >= 15 is 0 Å². The van der Waals surface area contributed by atoms with Crippen LogP contribution in [0.1, 0.15) is 58.4 Å². The number of ether oxygens (including phenoxy) is 2. The van der Waals surface area contributed by atoms with Gasteiger partial charge < -0.3 is 25.0 Å². The van der Waals surface area contributed by atoms with Gasteiger partial charge >= 0.3 is 6.18 Å². The summed E-state index contributed by atoms with van der Waals surface area (Å²) in [5.74, 6) is -1.57. The molecule has 0 unspecified atom stereocenters. The Morgan fingerprint density at radius 3 is 2.45 bits per heavy atom. The first kappa shape index (κ1) is 43.2. The van der Waals surface area contributed by atoms with Crippen LogP contribution in [0.4, 0.5) is 18.3 Å². The molecule has 3 fully saturated rings. The van der Waals surface area contributed by atoms with Gasteiger partial charge in [-0.25, -0.2) is 18.4 Å². The number of carbonyl (C=O) groups is 3. The second-order valence-electron chi connectivity index (χ2n) is 16.4. The lowest BCUT2D eigenvalue weighted by atomic mass is 9.85. The molecule has 0 radical (unpaired) electrons. The summed E-state index contributed by atoms with van der Waals surface area (Å²) in [4.78, 5) is 52.8. The van der Waals surface area contributed by atoms with Crippen molar-refractivity contribution in [3.8, 4) is 22.9 Å². The Hall–Kier alpha value is -4.94. The van der Waals surface area contributed by atoms with Crippen LogP contribution in [-0.4, -0.2) is 83.6 Å². The molecule has 3 N–H and O–H groups in total. The summed E-state index contributed by atoms with van der Waals surface area (Å²) >= 11 is 7.55. The first-order chi connectivity index (χ1) is 28.2. The highest BCUT2D eigenvalue weighted by Gasteiger charge is 2.61. The van der Waals surface area contributed by atoms with Crippen molar-refractivity contribution in [2.75, 3.05) is 19.0 Å². The van der Waals surface area contributed by atoms with Crippen molar-refractivity contribution in [1.82, 2.24) is 24.9 Å². The minimum atomic E-state index is -4.49. The Labute approximate surface area is 354 Å². The van der Waals surface area contributed by atoms with E-state index in [1.807, 2.05) is 20.8 Å². The number of pyridine rings is 1. The van der Waals surface area contributed by atoms with E-state index in [9.17, 15) is 36.0 Å². The lowest BCUT2D eigenvalue weighted by Crippen LogP contribution is -2.54. The van der Waals surface area contributed by atoms with Gasteiger partial charge in [0.25, 0.3) is 5.91 Å². The minimum Gasteiger partial charge on any atom is -0.494 e. The molecule has 2 aromatic heterocycles. The first-order valence-corrected chi connectivity index (χ1v) is 22.0. The minimum absolute atomic E-state index is 0.0377. The maximum atomic E-state index is 14.8. The van der Waals surface area contributed by atoms with Crippen molar-refractivity contribution in [3.63, 3.8) is 0 Å². The molecule has 0 bridgehead atoms. The molecule has 1 aliphatic heterocycles. The maximum Gasteiger partial charge on any atom is 0.416 e. The second-order valence-corrected chi connectivity index (χ2v) is 19.7. The number of anilines is 1. The van der Waals surface area contributed by atoms with Crippen LogP contribution in [0.15, 0.2) is 66.7 Å². The number of amides is 3. The number of thiazole rings is 1. The van der Waals surface area contributed by atoms with Gasteiger partial charge in [-0.3, -0.25) is 19.1 Å². The van der Waals surface area contributed by atoms with Crippen molar-refractivity contribution in [2.24, 2.45) is 11.3 Å². The van der Waals surface area contributed by atoms with Crippen molar-refractivity contribution >= 4 is 66.6 Å². The van der Waals surface area contributed by atoms with Gasteiger partial charge in [-0.05, 0) is 55.0 Å². The second kappa shape index (κ2) is 16.2. The van der Waals surface area contributed by atoms with Crippen molar-refractivity contribution in [1.29, 1.82) is 0 Å². The largest absolute Gasteiger partial charge is 0.494 e. The van der Waals surface area contributed by atoms with E-state index in [1.165, 1.54) is 42.9 Å². The zero-order valence-electron chi connectivity index (χ0n) is 33.1. The van der Waals surface area contributed by atoms with E-state index in [2.05, 4.69) is 31.9 Å². The van der Waals surface area contributed by atoms with Crippen LogP contribution >= 0.6 is 22.9 Å². The Morgan fingerprint density at radius 2 is 1.83 bits per heavy atom. The number of methoxy groups -OCH3 is 1. The highest BCUT2D eigenvalue weighted by atomic mass is 35.5. The van der Waals surface area contributed by atoms with E-state index in [-0.39, 0.29) is 37.6 Å². The summed E-state index contributed by atoms with van der Waals surface area (Å²) in [6.45, 7) is 9.37. The van der Waals surface area contributed by atoms with Gasteiger partial charge in [0, 0.05) is 51.5 Å². The van der Waals surface area contributed by atoms with E-state index in [1.54, 1.807) is 28.5 Å². The van der Waals surface area contributed by atoms with Crippen LogP contribution in [0.3, 0.4) is 0 Å². The average Bonchev–Trinajstić information content (AvgIpc) is 4.08. The van der Waals surface area contributed by atoms with E-state index in [0.717, 1.165) is 12.1 Å². The van der Waals surface area contributed by atoms with E-state index < -0.39 is 73.9 Å². The Morgan fingerprint density at radius 1 is 1.12 bits per heavy atom. The monoisotopic (exact) mass is 888 g/mol. The summed E-state index contributed by atoms with van der Waals surface area (Å²) in [7, 11) is -2.38. The quantitative estimate of drug-likeness (QED) is 0.113. The number of halogens is 4. The third-order valence-corrected chi connectivity index (χ3v) is 13.8. The molecule has 13 nitrogen and oxygen atoms in total. The molecule has 3 amide bonds. The number of likely N-dealkylation sites (tertiary alicyclic amines) is 1. The van der Waals surface area contributed by atoms with Gasteiger partial charge in [-0.2, -0.15) is 13.2 Å². The molecular weight excluding hydrogens is 845 g/mol. The van der Waals surface area contributed by atoms with Gasteiger partial charge in [0.2, 0.25) is 27.7 Å². The zero-order chi connectivity index (χ0) is 43.4. The summed E-state index contributed by atoms with van der Waals surface area (Å²) in [6, 6.07) is 8.15. The van der Waals surface area contributed by atoms with Crippen molar-refractivity contribution < 1.29 is 45.4 Å². The molecule has 60 heavy (non-hydrogen) atoms. The lowest BCUT2D eigenvalue weighted by Gasteiger charge is -2.35. The molecule has 320 valence electrons. The first-order valence-electron chi connectivity index (χ1n) is 19.2. The number of hydrogen-bond donors (Lipinski definition) is 3. The molecule has 1 saturated heterocycles. The van der Waals surface area contributed by atoms with E-state index in [0.29, 0.717) is 50.8 Å². The standard InChI is InChI=1S/C41H44ClF3N6O7S2/c1-6-23-18-40(23,37(54)50-60(55,56)28-12-13-28)49-33(52)17-26-16-27(58-35-30-15-25(42)11-14-29(30)32(57-5)19-46-35)20-51(26)36(53)34(39(2,3)4)48-38-47-31(21-59-38)22-7-9-24(10-8-22)41(43,44)45/h6-11,14-15,19,21,23,26-28,34H,1,12-13,16-18,20H2,2-5H3,(H,47,48)(H,49,52)(H,50,54)/t23-,26+,27-,34-,40-/m1/s1. The van der Waals surface area contributed by atoms with Crippen LogP contribution in [-0.2, 0) is 30.6 Å². The molecule has 3 heterocycles. The highest BCUT2D eigenvalue weighted by molar-refractivity contribution is 7.91. The van der Waals surface area contributed by atoms with E-state index in [4.69, 9.17) is 21.1 Å². The predicted octanol–water partition coefficient (Wildman–Crippen LogP) is 6.97. The number of nitrogens with one attached hydrogen (secondary N) is 3. The topological polar surface area (TPSA) is 169 Å². The normalized spacial score (nSPS) is 22.2. The van der Waals surface area contributed by atoms with Crippen LogP contribution in [0.5, 0.6) is 11.6 Å². The van der Waals surface area contributed by atoms with Crippen LogP contribution < -0.4 is 24.8 Å². The maximum absolute atomic E-state index is 14.8. The SMILES string of the molecule is C=C[C@@H]1C[C@]1(NC(=O)C[C@@H]1C[C@@H](Oc2ncc(OC)c3ccc(Cl)cc23)CN1C(=O)[C@@H](Nc1nc(-c2ccc(C(F)(F)F)cc2)cs1)C(C)(C)C)C(=O)NS(=O)(=O)C1CC1. The summed E-state index contributed by atoms with van der Waals surface area (Å²) in [5, 5.41) is 9.10. The Kier molecular flexibility index (Phi) is 11.6. The van der Waals surface area contributed by atoms with Gasteiger partial charge in [0.15, 0.2) is 5.13 Å². The molecule has 7 rings (SSSR count). The molecule has 4 aromatic rings. The molecule has 19 heteroatoms. The van der Waals surface area contributed by atoms with Crippen LogP contribution in [0.25, 0.3) is 22.0 Å². The van der Waals surface area contributed by atoms with Crippen LogP contribution in [0, 0.1) is 11.3 Å². The third kappa shape index (κ3) is 9.05. The fraction of sp³-hybridized carbons (Fsp3) is 0.439. The van der Waals surface area contributed by atoms with Crippen molar-refractivity contribution in [3.05, 3.63) is 77.3 Å². The lowest BCUT2D eigenvalue weighted by molar-refractivity contribution is -0.138.